The summed E-state index contributed by atoms with van der Waals surface area (Å²) < 4.78 is 6.82. The van der Waals surface area contributed by atoms with Crippen molar-refractivity contribution in [3.63, 3.8) is 0 Å². The summed E-state index contributed by atoms with van der Waals surface area (Å²) in [5.41, 5.74) is 3.77. The van der Waals surface area contributed by atoms with Gasteiger partial charge in [-0.1, -0.05) is 82.1 Å². The molecule has 0 unspecified atom stereocenters. The first-order valence-corrected chi connectivity index (χ1v) is 12.9. The van der Waals surface area contributed by atoms with Crippen molar-refractivity contribution in [3.05, 3.63) is 140 Å². The minimum absolute atomic E-state index is 0.0102. The standard InChI is InChI=1S/C29H22BrClO2S/c30-25-13-11-24(12-14-25)29(32)28(34-20-23-7-4-8-26(31)17-23)18-21-9-15-27(16-10-21)33-19-22-5-2-1-3-6-22/h1-18H,19-20H2. The van der Waals surface area contributed by atoms with Crippen LogP contribution < -0.4 is 4.74 Å². The number of hydrogen-bond donors (Lipinski definition) is 0. The first-order valence-electron chi connectivity index (χ1n) is 10.7. The van der Waals surface area contributed by atoms with E-state index in [2.05, 4.69) is 15.9 Å². The van der Waals surface area contributed by atoms with Crippen molar-refractivity contribution in [2.75, 3.05) is 0 Å². The lowest BCUT2D eigenvalue weighted by molar-refractivity contribution is 0.104. The molecule has 0 heterocycles. The average molecular weight is 550 g/mol. The lowest BCUT2D eigenvalue weighted by Gasteiger charge is -2.09. The Bertz CT molecular complexity index is 1270. The number of ketones is 1. The first kappa shape index (κ1) is 24.3. The molecule has 0 bridgehead atoms. The third-order valence-corrected chi connectivity index (χ3v) is 6.90. The molecule has 4 rings (SSSR count). The summed E-state index contributed by atoms with van der Waals surface area (Å²) in [5.74, 6) is 1.42. The predicted octanol–water partition coefficient (Wildman–Crippen LogP) is 8.84. The second kappa shape index (κ2) is 12.1. The highest BCUT2D eigenvalue weighted by Gasteiger charge is 2.14. The van der Waals surface area contributed by atoms with Crippen LogP contribution in [0.1, 0.15) is 27.0 Å². The van der Waals surface area contributed by atoms with Crippen molar-refractivity contribution >= 4 is 51.2 Å². The number of thioether (sulfide) groups is 1. The van der Waals surface area contributed by atoms with E-state index in [1.807, 2.05) is 109 Å². The Balaban J connectivity index is 1.52. The van der Waals surface area contributed by atoms with E-state index in [0.29, 0.717) is 27.9 Å². The number of carbonyl (C=O) groups excluding carboxylic acids is 1. The third kappa shape index (κ3) is 7.10. The SMILES string of the molecule is O=C(C(=Cc1ccc(OCc2ccccc2)cc1)SCc1cccc(Cl)c1)c1ccc(Br)cc1. The largest absolute Gasteiger partial charge is 0.489 e. The van der Waals surface area contributed by atoms with Crippen LogP contribution in [0, 0.1) is 0 Å². The fourth-order valence-corrected chi connectivity index (χ4v) is 4.70. The zero-order valence-corrected chi connectivity index (χ0v) is 21.4. The van der Waals surface area contributed by atoms with Gasteiger partial charge >= 0.3 is 0 Å². The van der Waals surface area contributed by atoms with Crippen LogP contribution in [0.3, 0.4) is 0 Å². The Labute approximate surface area is 217 Å². The maximum atomic E-state index is 13.3. The molecular formula is C29H22BrClO2S. The minimum atomic E-state index is -0.0102. The maximum Gasteiger partial charge on any atom is 0.199 e. The molecule has 0 aliphatic carbocycles. The molecule has 0 aliphatic heterocycles. The fourth-order valence-electron chi connectivity index (χ4n) is 3.26. The normalized spacial score (nSPS) is 11.3. The van der Waals surface area contributed by atoms with Crippen LogP contribution in [-0.4, -0.2) is 5.78 Å². The number of rotatable bonds is 9. The fraction of sp³-hybridized carbons (Fsp3) is 0.0690. The Kier molecular flexibility index (Phi) is 8.64. The van der Waals surface area contributed by atoms with Crippen molar-refractivity contribution < 1.29 is 9.53 Å². The number of halogens is 2. The average Bonchev–Trinajstić information content (AvgIpc) is 2.87. The molecule has 34 heavy (non-hydrogen) atoms. The van der Waals surface area contributed by atoms with Crippen molar-refractivity contribution in [2.24, 2.45) is 0 Å². The van der Waals surface area contributed by atoms with Crippen molar-refractivity contribution in [1.82, 2.24) is 0 Å². The van der Waals surface area contributed by atoms with Crippen LogP contribution in [0.5, 0.6) is 5.75 Å². The van der Waals surface area contributed by atoms with Gasteiger partial charge in [0.05, 0.1) is 4.91 Å². The molecule has 0 saturated heterocycles. The molecule has 4 aromatic carbocycles. The van der Waals surface area contributed by atoms with Crippen LogP contribution in [0.2, 0.25) is 5.02 Å². The molecule has 0 aromatic heterocycles. The molecule has 0 N–H and O–H groups in total. The zero-order chi connectivity index (χ0) is 23.8. The van der Waals surface area contributed by atoms with Gasteiger partial charge in [-0.3, -0.25) is 4.79 Å². The smallest absolute Gasteiger partial charge is 0.199 e. The van der Waals surface area contributed by atoms with Gasteiger partial charge in [-0.15, -0.1) is 11.8 Å². The first-order chi connectivity index (χ1) is 16.6. The molecule has 2 nitrogen and oxygen atoms in total. The van der Waals surface area contributed by atoms with Gasteiger partial charge in [0.2, 0.25) is 0 Å². The molecular weight excluding hydrogens is 528 g/mol. The Morgan fingerprint density at radius 3 is 2.26 bits per heavy atom. The lowest BCUT2D eigenvalue weighted by Crippen LogP contribution is -2.01. The molecule has 0 saturated carbocycles. The lowest BCUT2D eigenvalue weighted by atomic mass is 10.1. The van der Waals surface area contributed by atoms with Gasteiger partial charge in [-0.05, 0) is 71.3 Å². The van der Waals surface area contributed by atoms with Gasteiger partial charge in [-0.25, -0.2) is 0 Å². The molecule has 0 atom stereocenters. The summed E-state index contributed by atoms with van der Waals surface area (Å²) in [6, 6.07) is 33.0. The highest BCUT2D eigenvalue weighted by Crippen LogP contribution is 2.29. The molecule has 0 spiro atoms. The summed E-state index contributed by atoms with van der Waals surface area (Å²) in [6.07, 6.45) is 1.93. The van der Waals surface area contributed by atoms with E-state index < -0.39 is 0 Å². The molecule has 5 heteroatoms. The molecule has 4 aromatic rings. The van der Waals surface area contributed by atoms with E-state index in [9.17, 15) is 4.79 Å². The number of hydrogen-bond acceptors (Lipinski definition) is 3. The molecule has 0 radical (unpaired) electrons. The summed E-state index contributed by atoms with van der Waals surface area (Å²) in [7, 11) is 0. The van der Waals surface area contributed by atoms with Crippen LogP contribution in [0.15, 0.2) is 113 Å². The van der Waals surface area contributed by atoms with Gasteiger partial charge in [0.15, 0.2) is 5.78 Å². The Morgan fingerprint density at radius 2 is 1.56 bits per heavy atom. The van der Waals surface area contributed by atoms with Gasteiger partial charge in [0, 0.05) is 20.8 Å². The monoisotopic (exact) mass is 548 g/mol. The number of carbonyl (C=O) groups is 1. The van der Waals surface area contributed by atoms with Gasteiger partial charge in [-0.2, -0.15) is 0 Å². The van der Waals surface area contributed by atoms with E-state index in [4.69, 9.17) is 16.3 Å². The number of Topliss-reactive ketones (excluding diaryl/α,β-unsaturated/α-hetero) is 1. The molecule has 0 aliphatic rings. The van der Waals surface area contributed by atoms with Crippen molar-refractivity contribution in [2.45, 2.75) is 12.4 Å². The second-order valence-corrected chi connectivity index (χ2v) is 9.98. The number of benzene rings is 4. The van der Waals surface area contributed by atoms with Gasteiger partial charge in [0.1, 0.15) is 12.4 Å². The van der Waals surface area contributed by atoms with Crippen LogP contribution >= 0.6 is 39.3 Å². The third-order valence-electron chi connectivity index (χ3n) is 5.04. The van der Waals surface area contributed by atoms with Crippen molar-refractivity contribution in [1.29, 1.82) is 0 Å². The molecule has 170 valence electrons. The summed E-state index contributed by atoms with van der Waals surface area (Å²) in [4.78, 5) is 14.0. The zero-order valence-electron chi connectivity index (χ0n) is 18.3. The minimum Gasteiger partial charge on any atom is -0.489 e. The maximum absolute atomic E-state index is 13.3. The summed E-state index contributed by atoms with van der Waals surface area (Å²) in [6.45, 7) is 0.513. The van der Waals surface area contributed by atoms with Crippen LogP contribution in [0.4, 0.5) is 0 Å². The highest BCUT2D eigenvalue weighted by atomic mass is 79.9. The van der Waals surface area contributed by atoms with Gasteiger partial charge < -0.3 is 4.74 Å². The summed E-state index contributed by atoms with van der Waals surface area (Å²) >= 11 is 11.1. The van der Waals surface area contributed by atoms with Crippen LogP contribution in [0.25, 0.3) is 6.08 Å². The predicted molar refractivity (Wildman–Crippen MR) is 146 cm³/mol. The molecule has 0 amide bonds. The van der Waals surface area contributed by atoms with E-state index in [-0.39, 0.29) is 5.78 Å². The van der Waals surface area contributed by atoms with E-state index in [1.165, 1.54) is 11.8 Å². The van der Waals surface area contributed by atoms with E-state index in [0.717, 1.165) is 26.9 Å². The van der Waals surface area contributed by atoms with Crippen LogP contribution in [-0.2, 0) is 12.4 Å². The highest BCUT2D eigenvalue weighted by molar-refractivity contribution is 9.10. The van der Waals surface area contributed by atoms with E-state index in [1.54, 1.807) is 0 Å². The van der Waals surface area contributed by atoms with E-state index >= 15 is 0 Å². The topological polar surface area (TPSA) is 26.3 Å². The Hall–Kier alpha value is -2.79. The quantitative estimate of drug-likeness (QED) is 0.154. The Morgan fingerprint density at radius 1 is 0.853 bits per heavy atom. The van der Waals surface area contributed by atoms with Gasteiger partial charge in [0.25, 0.3) is 0 Å². The van der Waals surface area contributed by atoms with Crippen molar-refractivity contribution in [3.8, 4) is 5.75 Å². The second-order valence-electron chi connectivity index (χ2n) is 7.61. The molecule has 0 fully saturated rings. The summed E-state index contributed by atoms with van der Waals surface area (Å²) in [5, 5.41) is 0.689. The number of allylic oxidation sites excluding steroid dienone is 1. The number of ether oxygens (including phenoxy) is 1.